The van der Waals surface area contributed by atoms with E-state index in [-0.39, 0.29) is 18.4 Å². The molecule has 8 heteroatoms. The molecule has 1 unspecified atom stereocenters. The molecule has 2 aromatic heterocycles. The zero-order chi connectivity index (χ0) is 21.2. The summed E-state index contributed by atoms with van der Waals surface area (Å²) in [6.45, 7) is 5.97. The van der Waals surface area contributed by atoms with Crippen molar-refractivity contribution in [2.75, 3.05) is 0 Å². The highest BCUT2D eigenvalue weighted by molar-refractivity contribution is 5.77. The zero-order valence-corrected chi connectivity index (χ0v) is 16.6. The lowest BCUT2D eigenvalue weighted by Gasteiger charge is -2.21. The summed E-state index contributed by atoms with van der Waals surface area (Å²) in [6.07, 6.45) is 1.31. The lowest BCUT2D eigenvalue weighted by molar-refractivity contribution is -0.137. The van der Waals surface area contributed by atoms with Gasteiger partial charge in [-0.15, -0.1) is 5.10 Å². The van der Waals surface area contributed by atoms with Crippen molar-refractivity contribution in [2.45, 2.75) is 45.2 Å². The van der Waals surface area contributed by atoms with E-state index in [1.807, 2.05) is 24.3 Å². The van der Waals surface area contributed by atoms with Crippen LogP contribution in [-0.2, 0) is 21.5 Å². The minimum absolute atomic E-state index is 0.0334. The van der Waals surface area contributed by atoms with Gasteiger partial charge in [0.1, 0.15) is 6.54 Å². The highest BCUT2D eigenvalue weighted by Crippen LogP contribution is 2.25. The van der Waals surface area contributed by atoms with Gasteiger partial charge in [0.2, 0.25) is 5.91 Å². The number of nitrogens with one attached hydrogen (secondary N) is 1. The summed E-state index contributed by atoms with van der Waals surface area (Å²) in [6, 6.07) is 11.9. The van der Waals surface area contributed by atoms with Gasteiger partial charge in [0.05, 0.1) is 12.5 Å². The van der Waals surface area contributed by atoms with E-state index < -0.39 is 23.6 Å². The Morgan fingerprint density at radius 3 is 2.41 bits per heavy atom. The van der Waals surface area contributed by atoms with Crippen LogP contribution < -0.4 is 11.0 Å². The van der Waals surface area contributed by atoms with Gasteiger partial charge in [0, 0.05) is 6.20 Å². The molecule has 0 saturated heterocycles. The maximum absolute atomic E-state index is 12.5. The molecule has 3 rings (SSSR count). The van der Waals surface area contributed by atoms with Crippen molar-refractivity contribution in [3.05, 3.63) is 70.3 Å². The summed E-state index contributed by atoms with van der Waals surface area (Å²) in [5.74, 6) is -1.51. The number of hydrogen-bond donors (Lipinski definition) is 2. The van der Waals surface area contributed by atoms with Crippen LogP contribution in [0.2, 0.25) is 0 Å². The van der Waals surface area contributed by atoms with Gasteiger partial charge in [0.15, 0.2) is 5.65 Å². The van der Waals surface area contributed by atoms with Crippen LogP contribution in [0.4, 0.5) is 0 Å². The largest absolute Gasteiger partial charge is 0.481 e. The van der Waals surface area contributed by atoms with Crippen LogP contribution in [0.3, 0.4) is 0 Å². The van der Waals surface area contributed by atoms with Gasteiger partial charge in [-0.3, -0.25) is 14.0 Å². The second-order valence-corrected chi connectivity index (χ2v) is 7.96. The van der Waals surface area contributed by atoms with Crippen molar-refractivity contribution >= 4 is 17.5 Å². The lowest BCUT2D eigenvalue weighted by atomic mass is 9.86. The Morgan fingerprint density at radius 1 is 1.14 bits per heavy atom. The van der Waals surface area contributed by atoms with Crippen LogP contribution in [0.25, 0.3) is 5.65 Å². The number of carboxylic acid groups (broad SMARTS) is 1. The predicted molar refractivity (Wildman–Crippen MR) is 108 cm³/mol. The van der Waals surface area contributed by atoms with Crippen molar-refractivity contribution in [1.29, 1.82) is 0 Å². The number of hydrogen-bond acceptors (Lipinski definition) is 4. The second kappa shape index (κ2) is 7.90. The fourth-order valence-corrected chi connectivity index (χ4v) is 3.09. The summed E-state index contributed by atoms with van der Waals surface area (Å²) < 4.78 is 2.40. The third-order valence-corrected chi connectivity index (χ3v) is 4.67. The molecule has 0 bridgehead atoms. The Balaban J connectivity index is 1.79. The highest BCUT2D eigenvalue weighted by Gasteiger charge is 2.21. The van der Waals surface area contributed by atoms with Crippen LogP contribution in [0.1, 0.15) is 44.4 Å². The van der Waals surface area contributed by atoms with E-state index in [2.05, 4.69) is 31.2 Å². The molecule has 0 spiro atoms. The SMILES string of the molecule is CC(C)(C)c1ccc(C(CC(=O)O)NC(=O)Cn2nc3ccccn3c2=O)cc1. The maximum Gasteiger partial charge on any atom is 0.350 e. The van der Waals surface area contributed by atoms with Gasteiger partial charge in [0.25, 0.3) is 0 Å². The smallest absolute Gasteiger partial charge is 0.350 e. The standard InChI is InChI=1S/C21H24N4O4/c1-21(2,3)15-9-7-14(8-10-15)16(12-19(27)28)22-18(26)13-25-20(29)24-11-5-4-6-17(24)23-25/h4-11,16H,12-13H2,1-3H3,(H,22,26)(H,27,28). The molecule has 8 nitrogen and oxygen atoms in total. The molecule has 152 valence electrons. The number of carboxylic acids is 1. The van der Waals surface area contributed by atoms with Crippen LogP contribution in [-0.4, -0.2) is 31.2 Å². The number of carbonyl (C=O) groups excluding carboxylic acids is 1. The highest BCUT2D eigenvalue weighted by atomic mass is 16.4. The number of fused-ring (bicyclic) bond motifs is 1. The number of benzene rings is 1. The average molecular weight is 396 g/mol. The van der Waals surface area contributed by atoms with E-state index in [0.29, 0.717) is 11.2 Å². The van der Waals surface area contributed by atoms with Crippen molar-refractivity contribution in [3.63, 3.8) is 0 Å². The van der Waals surface area contributed by atoms with E-state index in [1.54, 1.807) is 24.4 Å². The van der Waals surface area contributed by atoms with E-state index >= 15 is 0 Å². The van der Waals surface area contributed by atoms with Crippen molar-refractivity contribution in [3.8, 4) is 0 Å². The fraction of sp³-hybridized carbons (Fsp3) is 0.333. The Labute approximate surface area is 167 Å². The van der Waals surface area contributed by atoms with Crippen molar-refractivity contribution in [2.24, 2.45) is 0 Å². The summed E-state index contributed by atoms with van der Waals surface area (Å²) in [5, 5.41) is 16.1. The normalized spacial score (nSPS) is 12.7. The first-order chi connectivity index (χ1) is 13.6. The molecule has 1 amide bonds. The predicted octanol–water partition coefficient (Wildman–Crippen LogP) is 2.13. The van der Waals surface area contributed by atoms with E-state index in [4.69, 9.17) is 0 Å². The number of amides is 1. The molecule has 0 aliphatic rings. The molecule has 0 radical (unpaired) electrons. The number of aliphatic carboxylic acids is 1. The van der Waals surface area contributed by atoms with Crippen LogP contribution in [0, 0.1) is 0 Å². The Kier molecular flexibility index (Phi) is 5.54. The monoisotopic (exact) mass is 396 g/mol. The van der Waals surface area contributed by atoms with Gasteiger partial charge in [-0.1, -0.05) is 51.1 Å². The first kappa shape index (κ1) is 20.3. The molecule has 2 heterocycles. The van der Waals surface area contributed by atoms with Crippen LogP contribution >= 0.6 is 0 Å². The molecule has 0 fully saturated rings. The summed E-state index contributed by atoms with van der Waals surface area (Å²) in [7, 11) is 0. The van der Waals surface area contributed by atoms with Gasteiger partial charge in [-0.25, -0.2) is 9.48 Å². The Bertz CT molecular complexity index is 1090. The average Bonchev–Trinajstić information content (AvgIpc) is 2.96. The van der Waals surface area contributed by atoms with Crippen LogP contribution in [0.15, 0.2) is 53.5 Å². The molecule has 29 heavy (non-hydrogen) atoms. The van der Waals surface area contributed by atoms with Crippen molar-refractivity contribution in [1.82, 2.24) is 19.5 Å². The zero-order valence-electron chi connectivity index (χ0n) is 16.6. The molecule has 1 atom stereocenters. The minimum Gasteiger partial charge on any atom is -0.481 e. The van der Waals surface area contributed by atoms with E-state index in [1.165, 1.54) is 4.40 Å². The molecule has 1 aromatic carbocycles. The quantitative estimate of drug-likeness (QED) is 0.664. The van der Waals surface area contributed by atoms with E-state index in [9.17, 15) is 19.5 Å². The van der Waals surface area contributed by atoms with Gasteiger partial charge < -0.3 is 10.4 Å². The number of aromatic nitrogens is 3. The maximum atomic E-state index is 12.5. The number of rotatable bonds is 6. The fourth-order valence-electron chi connectivity index (χ4n) is 3.09. The third kappa shape index (κ3) is 4.71. The summed E-state index contributed by atoms with van der Waals surface area (Å²) >= 11 is 0. The molecule has 3 aromatic rings. The van der Waals surface area contributed by atoms with Gasteiger partial charge in [-0.2, -0.15) is 0 Å². The number of nitrogens with zero attached hydrogens (tertiary/aromatic N) is 3. The third-order valence-electron chi connectivity index (χ3n) is 4.67. The Morgan fingerprint density at radius 2 is 1.83 bits per heavy atom. The first-order valence-electron chi connectivity index (χ1n) is 9.31. The van der Waals surface area contributed by atoms with Gasteiger partial charge in [-0.05, 0) is 28.7 Å². The molecule has 2 N–H and O–H groups in total. The van der Waals surface area contributed by atoms with Gasteiger partial charge >= 0.3 is 11.7 Å². The lowest BCUT2D eigenvalue weighted by Crippen LogP contribution is -2.36. The molecule has 0 aliphatic carbocycles. The molecular formula is C21H24N4O4. The topological polar surface area (TPSA) is 106 Å². The first-order valence-corrected chi connectivity index (χ1v) is 9.31. The molecule has 0 aliphatic heterocycles. The Hall–Kier alpha value is -3.42. The number of carbonyl (C=O) groups is 2. The molecule has 0 saturated carbocycles. The van der Waals surface area contributed by atoms with Crippen LogP contribution in [0.5, 0.6) is 0 Å². The molecular weight excluding hydrogens is 372 g/mol. The van der Waals surface area contributed by atoms with Crippen molar-refractivity contribution < 1.29 is 14.7 Å². The summed E-state index contributed by atoms with van der Waals surface area (Å²) in [5.41, 5.74) is 1.77. The number of pyridine rings is 1. The summed E-state index contributed by atoms with van der Waals surface area (Å²) in [4.78, 5) is 36.1. The van der Waals surface area contributed by atoms with E-state index in [0.717, 1.165) is 10.2 Å². The second-order valence-electron chi connectivity index (χ2n) is 7.96. The minimum atomic E-state index is -1.03.